The van der Waals surface area contributed by atoms with Gasteiger partial charge in [-0.15, -0.1) is 0 Å². The van der Waals surface area contributed by atoms with E-state index in [2.05, 4.69) is 117 Å². The maximum absolute atomic E-state index is 4.46. The summed E-state index contributed by atoms with van der Waals surface area (Å²) >= 11 is 0. The lowest BCUT2D eigenvalue weighted by Gasteiger charge is -2.14. The van der Waals surface area contributed by atoms with Gasteiger partial charge in [-0.2, -0.15) is 0 Å². The van der Waals surface area contributed by atoms with E-state index in [1.165, 1.54) is 38.7 Å². The number of aromatic nitrogens is 1. The van der Waals surface area contributed by atoms with Crippen LogP contribution in [-0.4, -0.2) is 4.57 Å². The summed E-state index contributed by atoms with van der Waals surface area (Å²) in [4.78, 5) is 0. The summed E-state index contributed by atoms with van der Waals surface area (Å²) < 4.78 is 2.37. The lowest BCUT2D eigenvalue weighted by Crippen LogP contribution is -2.02. The van der Waals surface area contributed by atoms with Crippen molar-refractivity contribution in [1.82, 2.24) is 4.57 Å². The van der Waals surface area contributed by atoms with Crippen molar-refractivity contribution >= 4 is 34.7 Å². The van der Waals surface area contributed by atoms with Gasteiger partial charge in [0.15, 0.2) is 0 Å². The molecule has 0 amide bonds. The van der Waals surface area contributed by atoms with Crippen molar-refractivity contribution in [3.8, 4) is 0 Å². The van der Waals surface area contributed by atoms with Crippen LogP contribution < -0.4 is 0 Å². The first-order valence-electron chi connectivity index (χ1n) is 11.5. The second-order valence-electron chi connectivity index (χ2n) is 8.39. The highest BCUT2D eigenvalue weighted by Crippen LogP contribution is 2.39. The fraction of sp³-hybridized carbons (Fsp3) is 0.125. The van der Waals surface area contributed by atoms with Crippen LogP contribution in [0.4, 0.5) is 0 Å². The molecule has 3 aromatic carbocycles. The molecule has 1 heterocycles. The molecule has 0 spiro atoms. The number of benzene rings is 3. The minimum absolute atomic E-state index is 0.780. The molecule has 33 heavy (non-hydrogen) atoms. The highest BCUT2D eigenvalue weighted by atomic mass is 15.0. The Kier molecular flexibility index (Phi) is 6.60. The van der Waals surface area contributed by atoms with Crippen LogP contribution in [0, 0.1) is 6.92 Å². The maximum Gasteiger partial charge on any atom is 0.0495 e. The van der Waals surface area contributed by atoms with Gasteiger partial charge in [0.1, 0.15) is 0 Å². The molecule has 0 saturated heterocycles. The van der Waals surface area contributed by atoms with E-state index in [0.717, 1.165) is 29.8 Å². The summed E-state index contributed by atoms with van der Waals surface area (Å²) in [5.41, 5.74) is 10.6. The summed E-state index contributed by atoms with van der Waals surface area (Å²) in [5, 5.41) is 1.20. The van der Waals surface area contributed by atoms with Gasteiger partial charge in [-0.05, 0) is 71.0 Å². The van der Waals surface area contributed by atoms with Crippen molar-refractivity contribution < 1.29 is 0 Å². The van der Waals surface area contributed by atoms with E-state index in [1.807, 2.05) is 12.2 Å². The Morgan fingerprint density at radius 3 is 2.30 bits per heavy atom. The Labute approximate surface area is 197 Å². The van der Waals surface area contributed by atoms with Crippen LogP contribution in [0.2, 0.25) is 0 Å². The fourth-order valence-electron chi connectivity index (χ4n) is 4.40. The third-order valence-corrected chi connectivity index (χ3v) is 6.31. The Bertz CT molecular complexity index is 1360. The predicted molar refractivity (Wildman–Crippen MR) is 146 cm³/mol. The molecule has 0 fully saturated rings. The van der Waals surface area contributed by atoms with E-state index in [4.69, 9.17) is 0 Å². The summed E-state index contributed by atoms with van der Waals surface area (Å²) in [6.45, 7) is 17.8. The van der Waals surface area contributed by atoms with E-state index in [1.54, 1.807) is 0 Å². The summed E-state index contributed by atoms with van der Waals surface area (Å²) in [7, 11) is 0. The molecule has 1 nitrogen and oxygen atoms in total. The number of fused-ring (bicyclic) bond motifs is 1. The maximum atomic E-state index is 4.46. The van der Waals surface area contributed by atoms with E-state index in [-0.39, 0.29) is 0 Å². The van der Waals surface area contributed by atoms with Gasteiger partial charge < -0.3 is 4.57 Å². The molecular formula is C32H31N. The highest BCUT2D eigenvalue weighted by Gasteiger charge is 2.20. The SMILES string of the molecule is C=Cc1ccc2c(c1)c(/C(=C/c1ccccc1C)C(=C)CC)c(C=C)n2Cc1ccccc1. The first-order chi connectivity index (χ1) is 16.1. The molecule has 4 aromatic rings. The number of hydrogen-bond acceptors (Lipinski definition) is 0. The molecule has 0 aliphatic rings. The van der Waals surface area contributed by atoms with Crippen molar-refractivity contribution in [3.05, 3.63) is 132 Å². The number of allylic oxidation sites excluding steroid dienone is 2. The Hall–Kier alpha value is -3.84. The van der Waals surface area contributed by atoms with Gasteiger partial charge in [0.2, 0.25) is 0 Å². The lowest BCUT2D eigenvalue weighted by molar-refractivity contribution is 0.826. The van der Waals surface area contributed by atoms with Crippen LogP contribution in [0.15, 0.2) is 98.1 Å². The first-order valence-corrected chi connectivity index (χ1v) is 11.5. The van der Waals surface area contributed by atoms with Crippen molar-refractivity contribution in [2.75, 3.05) is 0 Å². The van der Waals surface area contributed by atoms with E-state index in [9.17, 15) is 0 Å². The van der Waals surface area contributed by atoms with Crippen LogP contribution in [0.25, 0.3) is 34.7 Å². The molecule has 1 heteroatoms. The third kappa shape index (κ3) is 4.40. The Morgan fingerprint density at radius 1 is 0.909 bits per heavy atom. The average Bonchev–Trinajstić information content (AvgIpc) is 3.15. The number of rotatable bonds is 8. The standard InChI is InChI=1S/C32H31N/c1-6-23(4)28(21-27-17-13-12-14-24(27)5)32-29-20-25(7-2)18-19-31(29)33(30(32)8-3)22-26-15-10-9-11-16-26/h7-21H,2-4,6,22H2,1,5H3/b28-21+. The molecule has 0 saturated carbocycles. The molecule has 0 aliphatic heterocycles. The van der Waals surface area contributed by atoms with E-state index < -0.39 is 0 Å². The van der Waals surface area contributed by atoms with Gasteiger partial charge in [0.25, 0.3) is 0 Å². The minimum Gasteiger partial charge on any atom is -0.336 e. The van der Waals surface area contributed by atoms with Gasteiger partial charge in [0, 0.05) is 28.7 Å². The molecule has 0 radical (unpaired) electrons. The molecule has 0 N–H and O–H groups in total. The van der Waals surface area contributed by atoms with Crippen molar-refractivity contribution in [3.63, 3.8) is 0 Å². The normalized spacial score (nSPS) is 11.5. The Morgan fingerprint density at radius 2 is 1.64 bits per heavy atom. The molecule has 0 atom stereocenters. The van der Waals surface area contributed by atoms with Crippen molar-refractivity contribution in [2.45, 2.75) is 26.8 Å². The highest BCUT2D eigenvalue weighted by molar-refractivity contribution is 6.05. The molecule has 164 valence electrons. The number of aryl methyl sites for hydroxylation is 1. The average molecular weight is 430 g/mol. The van der Waals surface area contributed by atoms with Crippen molar-refractivity contribution in [1.29, 1.82) is 0 Å². The first kappa shape index (κ1) is 22.4. The lowest BCUT2D eigenvalue weighted by atomic mass is 9.91. The summed E-state index contributed by atoms with van der Waals surface area (Å²) in [5.74, 6) is 0. The zero-order valence-corrected chi connectivity index (χ0v) is 19.6. The molecule has 0 unspecified atom stereocenters. The summed E-state index contributed by atoms with van der Waals surface area (Å²) in [6.07, 6.45) is 7.06. The zero-order valence-electron chi connectivity index (χ0n) is 19.6. The monoisotopic (exact) mass is 429 g/mol. The molecular weight excluding hydrogens is 398 g/mol. The number of hydrogen-bond donors (Lipinski definition) is 0. The van der Waals surface area contributed by atoms with Crippen LogP contribution in [0.1, 0.15) is 46.9 Å². The van der Waals surface area contributed by atoms with E-state index >= 15 is 0 Å². The van der Waals surface area contributed by atoms with Crippen LogP contribution >= 0.6 is 0 Å². The quantitative estimate of drug-likeness (QED) is 0.247. The van der Waals surface area contributed by atoms with Crippen LogP contribution in [0.3, 0.4) is 0 Å². The second-order valence-corrected chi connectivity index (χ2v) is 8.39. The van der Waals surface area contributed by atoms with Gasteiger partial charge in [0.05, 0.1) is 0 Å². The van der Waals surface area contributed by atoms with Gasteiger partial charge >= 0.3 is 0 Å². The number of nitrogens with zero attached hydrogens (tertiary/aromatic N) is 1. The molecule has 4 rings (SSSR count). The fourth-order valence-corrected chi connectivity index (χ4v) is 4.40. The van der Waals surface area contributed by atoms with E-state index in [0.29, 0.717) is 0 Å². The van der Waals surface area contributed by atoms with Gasteiger partial charge in [-0.3, -0.25) is 0 Å². The van der Waals surface area contributed by atoms with Crippen LogP contribution in [0.5, 0.6) is 0 Å². The smallest absolute Gasteiger partial charge is 0.0495 e. The largest absolute Gasteiger partial charge is 0.336 e. The zero-order chi connectivity index (χ0) is 23.4. The Balaban J connectivity index is 2.05. The van der Waals surface area contributed by atoms with Gasteiger partial charge in [-0.1, -0.05) is 93.4 Å². The van der Waals surface area contributed by atoms with Gasteiger partial charge in [-0.25, -0.2) is 0 Å². The second kappa shape index (κ2) is 9.75. The van der Waals surface area contributed by atoms with Crippen molar-refractivity contribution in [2.24, 2.45) is 0 Å². The minimum atomic E-state index is 0.780. The molecule has 1 aromatic heterocycles. The topological polar surface area (TPSA) is 4.93 Å². The van der Waals surface area contributed by atoms with Crippen LogP contribution in [-0.2, 0) is 6.54 Å². The predicted octanol–water partition coefficient (Wildman–Crippen LogP) is 8.79. The summed E-state index contributed by atoms with van der Waals surface area (Å²) in [6, 6.07) is 25.7. The molecule has 0 bridgehead atoms. The third-order valence-electron chi connectivity index (χ3n) is 6.31. The molecule has 0 aliphatic carbocycles.